The molecule has 1 aliphatic carbocycles. The number of hydrogen-bond donors (Lipinski definition) is 3. The fourth-order valence-corrected chi connectivity index (χ4v) is 5.00. The van der Waals surface area contributed by atoms with Gasteiger partial charge < -0.3 is 30.2 Å². The van der Waals surface area contributed by atoms with E-state index in [9.17, 15) is 19.2 Å². The van der Waals surface area contributed by atoms with E-state index in [4.69, 9.17) is 14.2 Å². The SMILES string of the molecule is COc1ccc(CC(NC(=O)C(C)NC(=O)CN2CCOCC2)C(=O)NC(CC2CCC2)C(=O)C2(C)CO2)cc1. The molecule has 2 heterocycles. The topological polar surface area (TPSA) is 139 Å². The molecule has 4 atom stereocenters. The monoisotopic (exact) mass is 558 g/mol. The minimum absolute atomic E-state index is 0.133. The van der Waals surface area contributed by atoms with Gasteiger partial charge in [-0.25, -0.2) is 0 Å². The van der Waals surface area contributed by atoms with E-state index in [0.717, 1.165) is 24.8 Å². The van der Waals surface area contributed by atoms with Crippen LogP contribution in [0.5, 0.6) is 5.75 Å². The molecule has 3 N–H and O–H groups in total. The van der Waals surface area contributed by atoms with Crippen LogP contribution in [0.3, 0.4) is 0 Å². The van der Waals surface area contributed by atoms with Gasteiger partial charge in [-0.2, -0.15) is 0 Å². The number of methoxy groups -OCH3 is 1. The predicted octanol–water partition coefficient (Wildman–Crippen LogP) is 0.592. The fraction of sp³-hybridized carbons (Fsp3) is 0.655. The lowest BCUT2D eigenvalue weighted by Crippen LogP contribution is -2.57. The lowest BCUT2D eigenvalue weighted by Gasteiger charge is -2.31. The number of carbonyl (C=O) groups excluding carboxylic acids is 4. The van der Waals surface area contributed by atoms with Gasteiger partial charge in [0.05, 0.1) is 39.5 Å². The van der Waals surface area contributed by atoms with Crippen molar-refractivity contribution in [2.75, 3.05) is 46.6 Å². The Morgan fingerprint density at radius 3 is 2.25 bits per heavy atom. The van der Waals surface area contributed by atoms with Crippen molar-refractivity contribution in [3.63, 3.8) is 0 Å². The molecule has 0 aromatic heterocycles. The third kappa shape index (κ3) is 8.25. The molecule has 11 nitrogen and oxygen atoms in total. The number of rotatable bonds is 14. The summed E-state index contributed by atoms with van der Waals surface area (Å²) in [6.45, 7) is 6.29. The number of Topliss-reactive ketones (excluding diaryl/α,β-unsaturated/α-hetero) is 1. The van der Waals surface area contributed by atoms with Gasteiger partial charge in [0.15, 0.2) is 5.78 Å². The molecule has 11 heteroatoms. The molecule has 0 bridgehead atoms. The molecule has 0 radical (unpaired) electrons. The molecule has 1 saturated carbocycles. The summed E-state index contributed by atoms with van der Waals surface area (Å²) in [5.41, 5.74) is -0.0556. The summed E-state index contributed by atoms with van der Waals surface area (Å²) in [5.74, 6) is -0.279. The number of epoxide rings is 1. The molecular weight excluding hydrogens is 516 g/mol. The first-order valence-electron chi connectivity index (χ1n) is 14.2. The highest BCUT2D eigenvalue weighted by molar-refractivity contribution is 5.98. The molecule has 3 amide bonds. The molecule has 40 heavy (non-hydrogen) atoms. The lowest BCUT2D eigenvalue weighted by atomic mass is 9.79. The largest absolute Gasteiger partial charge is 0.497 e. The Balaban J connectivity index is 1.42. The number of nitrogens with zero attached hydrogens (tertiary/aromatic N) is 1. The zero-order valence-electron chi connectivity index (χ0n) is 23.7. The molecule has 2 aliphatic heterocycles. The number of ether oxygens (including phenoxy) is 3. The first-order valence-corrected chi connectivity index (χ1v) is 14.2. The van der Waals surface area contributed by atoms with Crippen LogP contribution >= 0.6 is 0 Å². The van der Waals surface area contributed by atoms with Crippen molar-refractivity contribution in [1.82, 2.24) is 20.9 Å². The zero-order valence-corrected chi connectivity index (χ0v) is 23.7. The van der Waals surface area contributed by atoms with Crippen LogP contribution in [-0.4, -0.2) is 98.7 Å². The van der Waals surface area contributed by atoms with Crippen molar-refractivity contribution in [1.29, 1.82) is 0 Å². The van der Waals surface area contributed by atoms with Gasteiger partial charge in [0.2, 0.25) is 17.7 Å². The van der Waals surface area contributed by atoms with E-state index in [-0.39, 0.29) is 24.7 Å². The van der Waals surface area contributed by atoms with E-state index < -0.39 is 35.5 Å². The Morgan fingerprint density at radius 2 is 1.68 bits per heavy atom. The molecule has 220 valence electrons. The fourth-order valence-electron chi connectivity index (χ4n) is 5.00. The molecule has 4 unspecified atom stereocenters. The first kappa shape index (κ1) is 30.0. The first-order chi connectivity index (χ1) is 19.2. The van der Waals surface area contributed by atoms with Crippen LogP contribution in [0.4, 0.5) is 0 Å². The van der Waals surface area contributed by atoms with Crippen LogP contribution in [0.1, 0.15) is 45.1 Å². The highest BCUT2D eigenvalue weighted by Crippen LogP contribution is 2.34. The van der Waals surface area contributed by atoms with E-state index in [0.29, 0.717) is 51.0 Å². The minimum atomic E-state index is -0.955. The molecule has 1 aromatic rings. The summed E-state index contributed by atoms with van der Waals surface area (Å²) in [4.78, 5) is 54.5. The maximum Gasteiger partial charge on any atom is 0.243 e. The van der Waals surface area contributed by atoms with E-state index in [2.05, 4.69) is 16.0 Å². The van der Waals surface area contributed by atoms with Gasteiger partial charge in [-0.05, 0) is 43.9 Å². The maximum atomic E-state index is 13.6. The average Bonchev–Trinajstić information content (AvgIpc) is 3.68. The van der Waals surface area contributed by atoms with E-state index in [1.165, 1.54) is 0 Å². The Labute approximate surface area is 235 Å². The Kier molecular flexibility index (Phi) is 10.2. The van der Waals surface area contributed by atoms with Crippen LogP contribution in [0.25, 0.3) is 0 Å². The van der Waals surface area contributed by atoms with Crippen molar-refractivity contribution >= 4 is 23.5 Å². The number of hydrogen-bond acceptors (Lipinski definition) is 8. The van der Waals surface area contributed by atoms with E-state index >= 15 is 0 Å². The molecule has 1 aromatic carbocycles. The van der Waals surface area contributed by atoms with Crippen LogP contribution in [-0.2, 0) is 35.1 Å². The summed E-state index contributed by atoms with van der Waals surface area (Å²) >= 11 is 0. The second-order valence-corrected chi connectivity index (χ2v) is 11.3. The highest BCUT2D eigenvalue weighted by Gasteiger charge is 2.50. The van der Waals surface area contributed by atoms with Crippen LogP contribution < -0.4 is 20.7 Å². The molecule has 0 spiro atoms. The van der Waals surface area contributed by atoms with Gasteiger partial charge in [0, 0.05) is 19.5 Å². The highest BCUT2D eigenvalue weighted by atomic mass is 16.6. The summed E-state index contributed by atoms with van der Waals surface area (Å²) in [7, 11) is 1.57. The van der Waals surface area contributed by atoms with Crippen LogP contribution in [0.15, 0.2) is 24.3 Å². The van der Waals surface area contributed by atoms with Crippen molar-refractivity contribution in [2.24, 2.45) is 5.92 Å². The zero-order chi connectivity index (χ0) is 28.7. The molecule has 2 saturated heterocycles. The molecular formula is C29H42N4O7. The molecule has 4 rings (SSSR count). The van der Waals surface area contributed by atoms with Gasteiger partial charge in [-0.3, -0.25) is 24.1 Å². The summed E-state index contributed by atoms with van der Waals surface area (Å²) in [5, 5.41) is 8.47. The number of amides is 3. The number of nitrogens with one attached hydrogen (secondary N) is 3. The molecule has 3 fully saturated rings. The third-order valence-electron chi connectivity index (χ3n) is 8.00. The number of benzene rings is 1. The van der Waals surface area contributed by atoms with Crippen molar-refractivity contribution in [3.8, 4) is 5.75 Å². The summed E-state index contributed by atoms with van der Waals surface area (Å²) in [6.07, 6.45) is 3.95. The maximum absolute atomic E-state index is 13.6. The number of ketones is 1. The van der Waals surface area contributed by atoms with E-state index in [1.54, 1.807) is 33.1 Å². The Hall–Kier alpha value is -3.02. The predicted molar refractivity (Wildman–Crippen MR) is 147 cm³/mol. The quantitative estimate of drug-likeness (QED) is 0.282. The van der Waals surface area contributed by atoms with Crippen LogP contribution in [0.2, 0.25) is 0 Å². The van der Waals surface area contributed by atoms with Gasteiger partial charge in [0.1, 0.15) is 23.4 Å². The van der Waals surface area contributed by atoms with Gasteiger partial charge >= 0.3 is 0 Å². The van der Waals surface area contributed by atoms with Crippen molar-refractivity contribution in [3.05, 3.63) is 29.8 Å². The molecule has 3 aliphatic rings. The second-order valence-electron chi connectivity index (χ2n) is 11.3. The van der Waals surface area contributed by atoms with E-state index in [1.807, 2.05) is 17.0 Å². The third-order valence-corrected chi connectivity index (χ3v) is 8.00. The minimum Gasteiger partial charge on any atom is -0.497 e. The standard InChI is InChI=1S/C29H42N4O7/c1-19(30-25(34)17-33-11-13-39-14-12-33)27(36)32-24(16-21-7-9-22(38-3)10-8-21)28(37)31-23(15-20-5-4-6-20)26(35)29(2)18-40-29/h7-10,19-20,23-24H,4-6,11-18H2,1-3H3,(H,30,34)(H,31,37)(H,32,36). The Bertz CT molecular complexity index is 1050. The summed E-state index contributed by atoms with van der Waals surface area (Å²) in [6, 6.07) is 4.73. The average molecular weight is 559 g/mol. The van der Waals surface area contributed by atoms with Crippen molar-refractivity contribution < 1.29 is 33.4 Å². The lowest BCUT2D eigenvalue weighted by molar-refractivity contribution is -0.134. The number of morpholine rings is 1. The van der Waals surface area contributed by atoms with Gasteiger partial charge in [-0.15, -0.1) is 0 Å². The van der Waals surface area contributed by atoms with Gasteiger partial charge in [0.25, 0.3) is 0 Å². The normalized spacial score (nSPS) is 23.2. The van der Waals surface area contributed by atoms with Gasteiger partial charge in [-0.1, -0.05) is 31.4 Å². The smallest absolute Gasteiger partial charge is 0.243 e. The number of carbonyl (C=O) groups is 4. The second kappa shape index (κ2) is 13.6. The Morgan fingerprint density at radius 1 is 1.02 bits per heavy atom. The van der Waals surface area contributed by atoms with Crippen LogP contribution in [0, 0.1) is 5.92 Å². The summed E-state index contributed by atoms with van der Waals surface area (Å²) < 4.78 is 15.9. The van der Waals surface area contributed by atoms with Crippen molar-refractivity contribution in [2.45, 2.75) is 69.7 Å².